The quantitative estimate of drug-likeness (QED) is 0.515. The van der Waals surface area contributed by atoms with Gasteiger partial charge >= 0.3 is 0 Å². The van der Waals surface area contributed by atoms with Gasteiger partial charge in [0.15, 0.2) is 5.78 Å². The molecule has 0 amide bonds. The molecule has 0 heterocycles. The highest BCUT2D eigenvalue weighted by molar-refractivity contribution is 6.01. The molecule has 19 heavy (non-hydrogen) atoms. The van der Waals surface area contributed by atoms with Gasteiger partial charge in [-0.25, -0.2) is 0 Å². The van der Waals surface area contributed by atoms with Crippen LogP contribution in [-0.2, 0) is 0 Å². The Hall–Kier alpha value is -1.91. The molecule has 5 heteroatoms. The molecular formula is C14H17NO4. The lowest BCUT2D eigenvalue weighted by Gasteiger charge is -2.20. The first kappa shape index (κ1) is 13.5. The van der Waals surface area contributed by atoms with Crippen LogP contribution in [0.2, 0.25) is 0 Å². The summed E-state index contributed by atoms with van der Waals surface area (Å²) in [6, 6.07) is 2.51. The van der Waals surface area contributed by atoms with E-state index in [4.69, 9.17) is 0 Å². The SMILES string of the molecule is Cc1cc(O)c(C(=O)C2CCCCC2)cc1[N+](=O)[O-]. The van der Waals surface area contributed by atoms with Crippen molar-refractivity contribution >= 4 is 11.5 Å². The number of rotatable bonds is 3. The zero-order chi connectivity index (χ0) is 14.0. The Kier molecular flexibility index (Phi) is 3.83. The highest BCUT2D eigenvalue weighted by Gasteiger charge is 2.26. The van der Waals surface area contributed by atoms with E-state index in [0.717, 1.165) is 32.1 Å². The summed E-state index contributed by atoms with van der Waals surface area (Å²) in [5, 5.41) is 20.8. The van der Waals surface area contributed by atoms with Crippen molar-refractivity contribution < 1.29 is 14.8 Å². The normalized spacial score (nSPS) is 16.3. The van der Waals surface area contributed by atoms with Crippen LogP contribution in [0.1, 0.15) is 48.0 Å². The summed E-state index contributed by atoms with van der Waals surface area (Å²) in [4.78, 5) is 22.7. The van der Waals surface area contributed by atoms with Crippen LogP contribution in [0.15, 0.2) is 12.1 Å². The minimum Gasteiger partial charge on any atom is -0.507 e. The van der Waals surface area contributed by atoms with Crippen LogP contribution in [0.4, 0.5) is 5.69 Å². The lowest BCUT2D eigenvalue weighted by atomic mass is 9.83. The summed E-state index contributed by atoms with van der Waals surface area (Å²) in [5.74, 6) is -0.430. The molecule has 1 fully saturated rings. The van der Waals surface area contributed by atoms with Crippen LogP contribution >= 0.6 is 0 Å². The standard InChI is InChI=1S/C14H17NO4/c1-9-7-13(16)11(8-12(9)15(18)19)14(17)10-5-3-2-4-6-10/h7-8,10,16H,2-6H2,1H3. The molecule has 1 N–H and O–H groups in total. The summed E-state index contributed by atoms with van der Waals surface area (Å²) >= 11 is 0. The van der Waals surface area contributed by atoms with Crippen molar-refractivity contribution in [2.75, 3.05) is 0 Å². The van der Waals surface area contributed by atoms with Crippen molar-refractivity contribution in [3.05, 3.63) is 33.4 Å². The summed E-state index contributed by atoms with van der Waals surface area (Å²) < 4.78 is 0. The molecule has 5 nitrogen and oxygen atoms in total. The molecule has 1 aliphatic rings. The maximum Gasteiger partial charge on any atom is 0.273 e. The van der Waals surface area contributed by atoms with Crippen molar-refractivity contribution in [3.8, 4) is 5.75 Å². The van der Waals surface area contributed by atoms with Crippen molar-refractivity contribution in [1.82, 2.24) is 0 Å². The lowest BCUT2D eigenvalue weighted by Crippen LogP contribution is -2.18. The third-order valence-electron chi connectivity index (χ3n) is 3.75. The van der Waals surface area contributed by atoms with Crippen molar-refractivity contribution in [3.63, 3.8) is 0 Å². The molecule has 0 radical (unpaired) electrons. The van der Waals surface area contributed by atoms with Gasteiger partial charge in [0.1, 0.15) is 5.75 Å². The molecule has 0 atom stereocenters. The van der Waals surface area contributed by atoms with Gasteiger partial charge in [-0.1, -0.05) is 19.3 Å². The van der Waals surface area contributed by atoms with Gasteiger partial charge in [0.05, 0.1) is 10.5 Å². The first-order valence-electron chi connectivity index (χ1n) is 6.53. The van der Waals surface area contributed by atoms with E-state index < -0.39 is 4.92 Å². The first-order chi connectivity index (χ1) is 9.00. The zero-order valence-electron chi connectivity index (χ0n) is 10.9. The van der Waals surface area contributed by atoms with E-state index in [1.807, 2.05) is 0 Å². The van der Waals surface area contributed by atoms with Gasteiger partial charge in [-0.2, -0.15) is 0 Å². The zero-order valence-corrected chi connectivity index (χ0v) is 10.9. The van der Waals surface area contributed by atoms with Gasteiger partial charge in [0.2, 0.25) is 0 Å². The van der Waals surface area contributed by atoms with E-state index in [1.54, 1.807) is 6.92 Å². The fourth-order valence-corrected chi connectivity index (χ4v) is 2.66. The predicted octanol–water partition coefficient (Wildman–Crippen LogP) is 3.37. The topological polar surface area (TPSA) is 80.4 Å². The summed E-state index contributed by atoms with van der Waals surface area (Å²) in [6.07, 6.45) is 4.75. The molecule has 0 unspecified atom stereocenters. The average molecular weight is 263 g/mol. The van der Waals surface area contributed by atoms with E-state index in [1.165, 1.54) is 12.1 Å². The molecule has 1 aliphatic carbocycles. The fourth-order valence-electron chi connectivity index (χ4n) is 2.66. The summed E-state index contributed by atoms with van der Waals surface area (Å²) in [5.41, 5.74) is 0.337. The maximum absolute atomic E-state index is 12.3. The van der Waals surface area contributed by atoms with Gasteiger partial charge in [0.25, 0.3) is 5.69 Å². The van der Waals surface area contributed by atoms with Crippen molar-refractivity contribution in [1.29, 1.82) is 0 Å². The van der Waals surface area contributed by atoms with Crippen LogP contribution in [0.25, 0.3) is 0 Å². The maximum atomic E-state index is 12.3. The minimum absolute atomic E-state index is 0.0872. The molecule has 0 spiro atoms. The fraction of sp³-hybridized carbons (Fsp3) is 0.500. The number of Topliss-reactive ketones (excluding diaryl/α,β-unsaturated/α-hetero) is 1. The third kappa shape index (κ3) is 2.75. The number of benzene rings is 1. The number of phenolic OH excluding ortho intramolecular Hbond substituents is 1. The molecular weight excluding hydrogens is 246 g/mol. The second-order valence-electron chi connectivity index (χ2n) is 5.11. The minimum atomic E-state index is -0.521. The van der Waals surface area contributed by atoms with Crippen LogP contribution in [0.5, 0.6) is 5.75 Å². The Morgan fingerprint density at radius 1 is 1.32 bits per heavy atom. The van der Waals surface area contributed by atoms with Crippen LogP contribution in [0.3, 0.4) is 0 Å². The van der Waals surface area contributed by atoms with Crippen LogP contribution in [-0.4, -0.2) is 15.8 Å². The number of ketones is 1. The molecule has 0 aromatic heterocycles. The number of aryl methyl sites for hydroxylation is 1. The number of phenols is 1. The number of carbonyl (C=O) groups is 1. The molecule has 102 valence electrons. The lowest BCUT2D eigenvalue weighted by molar-refractivity contribution is -0.385. The van der Waals surface area contributed by atoms with Gasteiger partial charge in [-0.3, -0.25) is 14.9 Å². The Bertz CT molecular complexity index is 518. The predicted molar refractivity (Wildman–Crippen MR) is 70.4 cm³/mol. The average Bonchev–Trinajstić information content (AvgIpc) is 2.38. The second-order valence-corrected chi connectivity index (χ2v) is 5.11. The summed E-state index contributed by atoms with van der Waals surface area (Å²) in [6.45, 7) is 1.55. The molecule has 1 aromatic carbocycles. The Balaban J connectivity index is 2.35. The molecule has 1 saturated carbocycles. The number of nitro groups is 1. The second kappa shape index (κ2) is 5.38. The Morgan fingerprint density at radius 2 is 1.95 bits per heavy atom. The van der Waals surface area contributed by atoms with E-state index in [2.05, 4.69) is 0 Å². The van der Waals surface area contributed by atoms with E-state index >= 15 is 0 Å². The number of nitrogens with zero attached hydrogens (tertiary/aromatic N) is 1. The van der Waals surface area contributed by atoms with E-state index in [0.29, 0.717) is 5.56 Å². The molecule has 0 bridgehead atoms. The Labute approximate surface area is 111 Å². The molecule has 0 aliphatic heterocycles. The number of carbonyl (C=O) groups excluding carboxylic acids is 1. The van der Waals surface area contributed by atoms with E-state index in [9.17, 15) is 20.0 Å². The Morgan fingerprint density at radius 3 is 2.53 bits per heavy atom. The van der Waals surface area contributed by atoms with Gasteiger partial charge in [-0.05, 0) is 25.8 Å². The van der Waals surface area contributed by atoms with Gasteiger partial charge in [0, 0.05) is 17.5 Å². The monoisotopic (exact) mass is 263 g/mol. The third-order valence-corrected chi connectivity index (χ3v) is 3.75. The largest absolute Gasteiger partial charge is 0.507 e. The smallest absolute Gasteiger partial charge is 0.273 e. The van der Waals surface area contributed by atoms with Gasteiger partial charge in [-0.15, -0.1) is 0 Å². The van der Waals surface area contributed by atoms with Crippen LogP contribution in [0, 0.1) is 23.0 Å². The highest BCUT2D eigenvalue weighted by Crippen LogP contribution is 2.33. The first-order valence-corrected chi connectivity index (χ1v) is 6.53. The van der Waals surface area contributed by atoms with E-state index in [-0.39, 0.29) is 28.7 Å². The molecule has 2 rings (SSSR count). The molecule has 0 saturated heterocycles. The number of hydrogen-bond donors (Lipinski definition) is 1. The van der Waals surface area contributed by atoms with Crippen molar-refractivity contribution in [2.24, 2.45) is 5.92 Å². The molecule has 1 aromatic rings. The van der Waals surface area contributed by atoms with Crippen LogP contribution < -0.4 is 0 Å². The highest BCUT2D eigenvalue weighted by atomic mass is 16.6. The van der Waals surface area contributed by atoms with Crippen molar-refractivity contribution in [2.45, 2.75) is 39.0 Å². The van der Waals surface area contributed by atoms with Gasteiger partial charge < -0.3 is 5.11 Å². The number of nitro benzene ring substituents is 1. The number of hydrogen-bond acceptors (Lipinski definition) is 4. The number of aromatic hydroxyl groups is 1. The summed E-state index contributed by atoms with van der Waals surface area (Å²) in [7, 11) is 0.